The summed E-state index contributed by atoms with van der Waals surface area (Å²) in [5.74, 6) is 4.99. The van der Waals surface area contributed by atoms with E-state index < -0.39 is 5.82 Å². The maximum atomic E-state index is 14.2. The van der Waals surface area contributed by atoms with E-state index in [2.05, 4.69) is 88.1 Å². The second kappa shape index (κ2) is 28.4. The average molecular weight is 1290 g/mol. The number of nitrogens with zero attached hydrogens (tertiary/aromatic N) is 10. The molecule has 4 saturated carbocycles. The molecule has 10 heterocycles. The number of amides is 1. The van der Waals surface area contributed by atoms with Gasteiger partial charge < -0.3 is 58.7 Å². The predicted octanol–water partition coefficient (Wildman–Crippen LogP) is 10.7. The summed E-state index contributed by atoms with van der Waals surface area (Å²) in [4.78, 5) is 56.4. The Hall–Kier alpha value is -7.50. The van der Waals surface area contributed by atoms with Crippen LogP contribution in [0.2, 0.25) is 0 Å². The Bertz CT molecular complexity index is 3590. The van der Waals surface area contributed by atoms with Gasteiger partial charge in [-0.05, 0) is 148 Å². The Morgan fingerprint density at radius 1 is 0.649 bits per heavy atom. The van der Waals surface area contributed by atoms with Crippen LogP contribution in [0.15, 0.2) is 86.0 Å². The SMILES string of the molecule is CC.CC(C)N(C)C1CC2(COC2)C1.CC(C)NC=O.CN1CCc2nccc(OC3CC4(C3)CN(c3ncncc3Oc3ccc(F)cc3C3CC5(COC5)C3)C4)c2C1.O=Cc1cc(F)ccc1Oc1cncnc1N1CC2(CC(Oc3ccnc4c3CNCC4)C2)C1. The molecule has 1 amide bonds. The smallest absolute Gasteiger partial charge is 0.207 e. The number of carbonyl (C=O) groups excluding carboxylic acids is 2. The zero-order valence-electron chi connectivity index (χ0n) is 55.8. The summed E-state index contributed by atoms with van der Waals surface area (Å²) in [5.41, 5.74) is 7.18. The molecule has 8 fully saturated rings. The Labute approximate surface area is 551 Å². The summed E-state index contributed by atoms with van der Waals surface area (Å²) in [5, 5.41) is 5.93. The van der Waals surface area contributed by atoms with E-state index in [4.69, 9.17) is 28.4 Å². The predicted molar refractivity (Wildman–Crippen MR) is 353 cm³/mol. The number of likely N-dealkylation sites (N-methyl/N-ethyl adjacent to an activating group) is 1. The van der Waals surface area contributed by atoms with Gasteiger partial charge in [-0.1, -0.05) is 13.8 Å². The Morgan fingerprint density at radius 2 is 1.18 bits per heavy atom. The number of fused-ring (bicyclic) bond motifs is 2. The molecular formula is C72H92F2N12O8. The monoisotopic (exact) mass is 1290 g/mol. The number of nitrogens with one attached hydrogen (secondary N) is 2. The van der Waals surface area contributed by atoms with Gasteiger partial charge in [0.15, 0.2) is 29.4 Å². The van der Waals surface area contributed by atoms with Crippen LogP contribution >= 0.6 is 0 Å². The van der Waals surface area contributed by atoms with E-state index in [0.29, 0.717) is 52.6 Å². The van der Waals surface area contributed by atoms with E-state index >= 15 is 0 Å². The molecule has 6 aromatic rings. The molecule has 4 aromatic heterocycles. The molecule has 2 N–H and O–H groups in total. The number of hydrogen-bond donors (Lipinski definition) is 2. The van der Waals surface area contributed by atoms with Crippen molar-refractivity contribution in [3.05, 3.63) is 131 Å². The fourth-order valence-corrected chi connectivity index (χ4v) is 15.1. The third-order valence-corrected chi connectivity index (χ3v) is 20.5. The third-order valence-electron chi connectivity index (χ3n) is 20.5. The van der Waals surface area contributed by atoms with Gasteiger partial charge in [0.2, 0.25) is 6.41 Å². The van der Waals surface area contributed by atoms with Crippen LogP contribution in [-0.2, 0) is 40.2 Å². The van der Waals surface area contributed by atoms with Crippen molar-refractivity contribution in [2.24, 2.45) is 21.7 Å². The maximum absolute atomic E-state index is 14.2. The van der Waals surface area contributed by atoms with E-state index in [0.717, 1.165) is 171 Å². The normalized spacial score (nSPS) is 21.8. The Balaban J connectivity index is 0.000000141. The summed E-state index contributed by atoms with van der Waals surface area (Å²) < 4.78 is 63.5. The molecular weight excluding hydrogens is 1200 g/mol. The molecule has 10 aliphatic rings. The lowest BCUT2D eigenvalue weighted by atomic mass is 9.59. The van der Waals surface area contributed by atoms with E-state index in [9.17, 15) is 18.4 Å². The zero-order chi connectivity index (χ0) is 65.8. The number of hydrogen-bond acceptors (Lipinski definition) is 19. The van der Waals surface area contributed by atoms with E-state index in [1.807, 2.05) is 52.2 Å². The first-order valence-corrected chi connectivity index (χ1v) is 33.7. The zero-order valence-corrected chi connectivity index (χ0v) is 55.8. The Kier molecular flexibility index (Phi) is 20.1. The van der Waals surface area contributed by atoms with Gasteiger partial charge in [0.25, 0.3) is 0 Å². The van der Waals surface area contributed by atoms with Crippen LogP contribution in [0.25, 0.3) is 0 Å². The third kappa shape index (κ3) is 14.5. The van der Waals surface area contributed by atoms with Gasteiger partial charge in [-0.2, -0.15) is 0 Å². The molecule has 4 aliphatic carbocycles. The van der Waals surface area contributed by atoms with E-state index in [1.165, 1.54) is 54.2 Å². The molecule has 0 radical (unpaired) electrons. The molecule has 2 aromatic carbocycles. The van der Waals surface area contributed by atoms with Gasteiger partial charge in [-0.15, -0.1) is 0 Å². The van der Waals surface area contributed by atoms with Gasteiger partial charge in [0.05, 0.1) is 44.4 Å². The lowest BCUT2D eigenvalue weighted by Crippen LogP contribution is -2.65. The summed E-state index contributed by atoms with van der Waals surface area (Å²) in [6.45, 7) is 23.3. The molecule has 6 aliphatic heterocycles. The number of carbonyl (C=O) groups is 2. The molecule has 4 spiro atoms. The van der Waals surface area contributed by atoms with Crippen LogP contribution in [0.5, 0.6) is 34.5 Å². The highest BCUT2D eigenvalue weighted by atomic mass is 19.1. The van der Waals surface area contributed by atoms with Gasteiger partial charge in [0.1, 0.15) is 59.5 Å². The minimum absolute atomic E-state index is 0.141. The first-order valence-electron chi connectivity index (χ1n) is 33.7. The van der Waals surface area contributed by atoms with Crippen LogP contribution < -0.4 is 39.4 Å². The number of ether oxygens (including phenoxy) is 6. The number of anilines is 2. The van der Waals surface area contributed by atoms with Crippen LogP contribution in [0.1, 0.15) is 137 Å². The summed E-state index contributed by atoms with van der Waals surface area (Å²) in [7, 11) is 4.39. The largest absolute Gasteiger partial charge is 0.490 e. The van der Waals surface area contributed by atoms with Crippen molar-refractivity contribution in [2.75, 3.05) is 89.6 Å². The van der Waals surface area contributed by atoms with E-state index in [1.54, 1.807) is 30.9 Å². The lowest BCUT2D eigenvalue weighted by Gasteiger charge is -2.59. The number of aromatic nitrogens is 6. The molecule has 4 saturated heterocycles. The highest BCUT2D eigenvalue weighted by Crippen LogP contribution is 2.58. The van der Waals surface area contributed by atoms with Crippen molar-refractivity contribution >= 4 is 24.3 Å². The topological polar surface area (TPSA) is 204 Å². The van der Waals surface area contributed by atoms with Gasteiger partial charge >= 0.3 is 0 Å². The molecule has 94 heavy (non-hydrogen) atoms. The molecule has 0 unspecified atom stereocenters. The lowest BCUT2D eigenvalue weighted by molar-refractivity contribution is -0.184. The van der Waals surface area contributed by atoms with Crippen LogP contribution in [0, 0.1) is 33.3 Å². The van der Waals surface area contributed by atoms with Crippen molar-refractivity contribution in [3.8, 4) is 34.5 Å². The standard InChI is InChI=1S/C31H34FN5O3.C25H24FN5O3.C10H19NO.C4H9NO.C2H6/c1-36-7-5-25-24(14-36)27(4-6-34-25)39-22-11-30(12-22)15-37(16-30)29-28(13-33-19-35-29)40-26-3-2-21(32)8-23(26)20-9-31(10-20)17-38-18-31;26-17-1-2-21(16(7-17)12-32)34-23-11-28-15-30-24(23)31-13-25(14-31)8-18(9-25)33-22-4-6-29-20-3-5-27-10-19(20)22;1-8(2)11(3)9-4-10(5-9)6-12-7-10;1-4(2)5-3-6;1-2/h2-4,6,8,13,19-20,22H,5,7,9-12,14-18H2,1H3;1-2,4,6-7,11-12,15,18,27H,3,5,8-10,13-14H2;8-9H,4-7H2,1-3H3;3-4H,1-2H3,(H,5,6);1-2H3. The molecule has 22 heteroatoms. The average Bonchev–Trinajstić information content (AvgIpc) is 0.744. The highest BCUT2D eigenvalue weighted by molar-refractivity contribution is 5.79. The fraction of sp³-hybridized carbons (Fsp3) is 0.556. The van der Waals surface area contributed by atoms with Gasteiger partial charge in [-0.3, -0.25) is 19.6 Å². The number of pyridine rings is 2. The molecule has 0 atom stereocenters. The molecule has 502 valence electrons. The van der Waals surface area contributed by atoms with Crippen molar-refractivity contribution in [2.45, 2.75) is 155 Å². The second-order valence-electron chi connectivity index (χ2n) is 28.4. The summed E-state index contributed by atoms with van der Waals surface area (Å²) >= 11 is 0. The van der Waals surface area contributed by atoms with Crippen LogP contribution in [0.4, 0.5) is 20.4 Å². The van der Waals surface area contributed by atoms with Crippen LogP contribution in [-0.4, -0.2) is 163 Å². The number of benzene rings is 2. The van der Waals surface area contributed by atoms with Gasteiger partial charge in [-0.25, -0.2) is 28.7 Å². The Morgan fingerprint density at radius 3 is 1.70 bits per heavy atom. The molecule has 0 bridgehead atoms. The number of rotatable bonds is 16. The van der Waals surface area contributed by atoms with E-state index in [-0.39, 0.29) is 52.1 Å². The summed E-state index contributed by atoms with van der Waals surface area (Å²) in [6.07, 6.45) is 22.5. The van der Waals surface area contributed by atoms with Crippen LogP contribution in [0.3, 0.4) is 0 Å². The number of halogens is 2. The first-order chi connectivity index (χ1) is 45.5. The minimum atomic E-state index is -0.492. The molecule has 20 nitrogen and oxygen atoms in total. The van der Waals surface area contributed by atoms with Crippen molar-refractivity contribution in [1.29, 1.82) is 0 Å². The fourth-order valence-electron chi connectivity index (χ4n) is 15.1. The second-order valence-corrected chi connectivity index (χ2v) is 28.4. The van der Waals surface area contributed by atoms with Gasteiger partial charge in [0, 0.05) is 145 Å². The quantitative estimate of drug-likeness (QED) is 0.0865. The first kappa shape index (κ1) is 66.5. The minimum Gasteiger partial charge on any atom is -0.490 e. The van der Waals surface area contributed by atoms with Crippen molar-refractivity contribution in [1.82, 2.24) is 50.3 Å². The number of aldehydes is 1. The highest BCUT2D eigenvalue weighted by Gasteiger charge is 2.56. The summed E-state index contributed by atoms with van der Waals surface area (Å²) in [6, 6.07) is 14.5. The van der Waals surface area contributed by atoms with Crippen molar-refractivity contribution < 1.29 is 46.8 Å². The maximum Gasteiger partial charge on any atom is 0.207 e. The molecule has 16 rings (SSSR count). The van der Waals surface area contributed by atoms with Crippen molar-refractivity contribution in [3.63, 3.8) is 0 Å².